The highest BCUT2D eigenvalue weighted by molar-refractivity contribution is 6.07. The van der Waals surface area contributed by atoms with Gasteiger partial charge in [-0.05, 0) is 35.4 Å². The van der Waals surface area contributed by atoms with Gasteiger partial charge in [-0.3, -0.25) is 9.69 Å². The van der Waals surface area contributed by atoms with E-state index in [9.17, 15) is 10.1 Å². The van der Waals surface area contributed by atoms with Crippen LogP contribution in [0.5, 0.6) is 5.75 Å². The van der Waals surface area contributed by atoms with Gasteiger partial charge >= 0.3 is 0 Å². The fourth-order valence-electron chi connectivity index (χ4n) is 3.98. The highest BCUT2D eigenvalue weighted by Gasteiger charge is 2.53. The van der Waals surface area contributed by atoms with Crippen molar-refractivity contribution in [3.8, 4) is 22.9 Å². The van der Waals surface area contributed by atoms with Crippen LogP contribution in [0.25, 0.3) is 11.1 Å². The third-order valence-corrected chi connectivity index (χ3v) is 5.52. The normalized spacial score (nSPS) is 22.8. The predicted octanol–water partition coefficient (Wildman–Crippen LogP) is 2.39. The largest absolute Gasteiger partial charge is 0.490 e. The van der Waals surface area contributed by atoms with Crippen LogP contribution in [-0.4, -0.2) is 43.6 Å². The summed E-state index contributed by atoms with van der Waals surface area (Å²) in [5, 5.41) is 9.20. The lowest BCUT2D eigenvalue weighted by molar-refractivity contribution is -0.132. The van der Waals surface area contributed by atoms with Crippen LogP contribution in [0.3, 0.4) is 0 Å². The van der Waals surface area contributed by atoms with E-state index in [-0.39, 0.29) is 18.0 Å². The third kappa shape index (κ3) is 3.12. The fourth-order valence-corrected chi connectivity index (χ4v) is 3.98. The zero-order chi connectivity index (χ0) is 20.6. The number of rotatable bonds is 4. The lowest BCUT2D eigenvalue weighted by Gasteiger charge is -2.37. The minimum absolute atomic E-state index is 0.162. The van der Waals surface area contributed by atoms with Gasteiger partial charge in [-0.1, -0.05) is 18.2 Å². The number of hydrogen-bond donors (Lipinski definition) is 1. The molecule has 0 fully saturated rings. The summed E-state index contributed by atoms with van der Waals surface area (Å²) in [4.78, 5) is 19.2. The minimum atomic E-state index is -1.10. The van der Waals surface area contributed by atoms with Gasteiger partial charge < -0.3 is 15.2 Å². The molecule has 2 N–H and O–H groups in total. The molecule has 1 amide bonds. The van der Waals surface area contributed by atoms with Crippen LogP contribution in [-0.2, 0) is 15.1 Å². The molecule has 2 aromatic carbocycles. The Morgan fingerprint density at radius 2 is 2.14 bits per heavy atom. The summed E-state index contributed by atoms with van der Waals surface area (Å²) >= 11 is 0. The highest BCUT2D eigenvalue weighted by Crippen LogP contribution is 2.47. The van der Waals surface area contributed by atoms with Gasteiger partial charge in [-0.25, -0.2) is 4.99 Å². The van der Waals surface area contributed by atoms with Crippen LogP contribution in [0.2, 0.25) is 0 Å². The molecular weight excluding hydrogens is 368 g/mol. The number of aliphatic imine (C=N–C) groups is 1. The Hall–Kier alpha value is -3.37. The molecule has 29 heavy (non-hydrogen) atoms. The summed E-state index contributed by atoms with van der Waals surface area (Å²) in [7, 11) is 3.27. The number of benzene rings is 2. The van der Waals surface area contributed by atoms with Crippen molar-refractivity contribution in [3.63, 3.8) is 0 Å². The van der Waals surface area contributed by atoms with Crippen molar-refractivity contribution in [1.29, 1.82) is 5.26 Å². The monoisotopic (exact) mass is 390 g/mol. The molecule has 2 aliphatic rings. The summed E-state index contributed by atoms with van der Waals surface area (Å²) in [5.41, 5.74) is 7.96. The second-order valence-electron chi connectivity index (χ2n) is 7.32. The van der Waals surface area contributed by atoms with Crippen LogP contribution in [0.4, 0.5) is 0 Å². The molecule has 7 heteroatoms. The van der Waals surface area contributed by atoms with Gasteiger partial charge in [0, 0.05) is 39.2 Å². The first-order valence-corrected chi connectivity index (χ1v) is 9.42. The Morgan fingerprint density at radius 3 is 2.83 bits per heavy atom. The second kappa shape index (κ2) is 7.22. The number of carbonyl (C=O) groups excluding carboxylic acids is 1. The average Bonchev–Trinajstić information content (AvgIpc) is 2.96. The maximum Gasteiger partial charge on any atom is 0.261 e. The van der Waals surface area contributed by atoms with Crippen molar-refractivity contribution >= 4 is 11.9 Å². The fraction of sp³-hybridized carbons (Fsp3) is 0.318. The summed E-state index contributed by atoms with van der Waals surface area (Å²) in [6.45, 7) is 0.526. The van der Waals surface area contributed by atoms with Crippen LogP contribution >= 0.6 is 0 Å². The van der Waals surface area contributed by atoms with E-state index < -0.39 is 5.54 Å². The van der Waals surface area contributed by atoms with Crippen molar-refractivity contribution < 1.29 is 14.3 Å². The quantitative estimate of drug-likeness (QED) is 0.864. The highest BCUT2D eigenvalue weighted by atomic mass is 16.5. The topological polar surface area (TPSA) is 101 Å². The zero-order valence-electron chi connectivity index (χ0n) is 16.4. The molecule has 0 saturated carbocycles. The average molecular weight is 390 g/mol. The molecule has 2 aliphatic heterocycles. The number of nitrogens with zero attached hydrogens (tertiary/aromatic N) is 3. The standard InChI is InChI=1S/C22H22N4O3/c1-26-20(27)22(25-21(26)24)12-17(8-9-28-2)29-19-7-6-16(11-18(19)22)15-5-3-4-14(10-15)13-23/h3-7,10-11,17H,8-9,12H2,1-2H3,(H2,24,25). The van der Waals surface area contributed by atoms with Crippen molar-refractivity contribution in [2.45, 2.75) is 24.5 Å². The maximum atomic E-state index is 13.2. The van der Waals surface area contributed by atoms with Crippen molar-refractivity contribution in [2.75, 3.05) is 20.8 Å². The molecule has 0 aromatic heterocycles. The minimum Gasteiger partial charge on any atom is -0.490 e. The number of nitrogens with two attached hydrogens (primary N) is 1. The molecule has 1 spiro atoms. The number of carbonyl (C=O) groups is 1. The molecule has 4 rings (SSSR count). The van der Waals surface area contributed by atoms with Crippen LogP contribution in [0, 0.1) is 11.3 Å². The zero-order valence-corrected chi connectivity index (χ0v) is 16.4. The number of hydrogen-bond acceptors (Lipinski definition) is 6. The van der Waals surface area contributed by atoms with E-state index in [2.05, 4.69) is 11.1 Å². The summed E-state index contributed by atoms with van der Waals surface area (Å²) in [6, 6.07) is 15.2. The Labute approximate surface area is 169 Å². The molecule has 2 aromatic rings. The molecular formula is C22H22N4O3. The number of amides is 1. The molecule has 0 saturated heterocycles. The summed E-state index contributed by atoms with van der Waals surface area (Å²) in [5.74, 6) is 0.660. The first-order chi connectivity index (χ1) is 14.0. The van der Waals surface area contributed by atoms with Gasteiger partial charge in [-0.2, -0.15) is 5.26 Å². The molecule has 0 aliphatic carbocycles. The Kier molecular flexibility index (Phi) is 4.73. The molecule has 2 unspecified atom stereocenters. The number of guanidine groups is 1. The van der Waals surface area contributed by atoms with E-state index in [1.165, 1.54) is 4.90 Å². The second-order valence-corrected chi connectivity index (χ2v) is 7.32. The van der Waals surface area contributed by atoms with E-state index in [0.29, 0.717) is 36.3 Å². The number of fused-ring (bicyclic) bond motifs is 2. The van der Waals surface area contributed by atoms with Crippen LogP contribution in [0.15, 0.2) is 47.5 Å². The lowest BCUT2D eigenvalue weighted by Crippen LogP contribution is -2.45. The van der Waals surface area contributed by atoms with Gasteiger partial charge in [0.05, 0.1) is 11.6 Å². The summed E-state index contributed by atoms with van der Waals surface area (Å²) < 4.78 is 11.4. The molecule has 2 heterocycles. The molecule has 0 bridgehead atoms. The number of methoxy groups -OCH3 is 1. The first-order valence-electron chi connectivity index (χ1n) is 9.42. The predicted molar refractivity (Wildman–Crippen MR) is 108 cm³/mol. The smallest absolute Gasteiger partial charge is 0.261 e. The van der Waals surface area contributed by atoms with E-state index in [0.717, 1.165) is 11.1 Å². The number of nitriles is 1. The van der Waals surface area contributed by atoms with Crippen molar-refractivity contribution in [1.82, 2.24) is 4.90 Å². The van der Waals surface area contributed by atoms with Crippen LogP contribution < -0.4 is 10.5 Å². The molecule has 0 radical (unpaired) electrons. The van der Waals surface area contributed by atoms with Crippen molar-refractivity contribution in [2.24, 2.45) is 10.7 Å². The number of likely N-dealkylation sites (N-methyl/N-ethyl adjacent to an activating group) is 1. The first kappa shape index (κ1) is 19.0. The maximum absolute atomic E-state index is 13.2. The Morgan fingerprint density at radius 1 is 1.34 bits per heavy atom. The van der Waals surface area contributed by atoms with Gasteiger partial charge in [0.2, 0.25) is 0 Å². The lowest BCUT2D eigenvalue weighted by atomic mass is 9.80. The van der Waals surface area contributed by atoms with E-state index in [4.69, 9.17) is 15.2 Å². The van der Waals surface area contributed by atoms with E-state index in [1.54, 1.807) is 20.2 Å². The van der Waals surface area contributed by atoms with E-state index in [1.807, 2.05) is 36.4 Å². The summed E-state index contributed by atoms with van der Waals surface area (Å²) in [6.07, 6.45) is 0.840. The van der Waals surface area contributed by atoms with Crippen LogP contribution in [0.1, 0.15) is 24.0 Å². The Bertz CT molecular complexity index is 1040. The van der Waals surface area contributed by atoms with E-state index >= 15 is 0 Å². The number of ether oxygens (including phenoxy) is 2. The third-order valence-electron chi connectivity index (χ3n) is 5.52. The van der Waals surface area contributed by atoms with Gasteiger partial charge in [0.1, 0.15) is 11.9 Å². The SMILES string of the molecule is COCCC1CC2(N=C(N)N(C)C2=O)c2cc(-c3cccc(C#N)c3)ccc2O1. The molecule has 7 nitrogen and oxygen atoms in total. The molecule has 2 atom stereocenters. The Balaban J connectivity index is 1.83. The van der Waals surface area contributed by atoms with Gasteiger partial charge in [0.15, 0.2) is 11.5 Å². The molecule has 148 valence electrons. The van der Waals surface area contributed by atoms with Gasteiger partial charge in [-0.15, -0.1) is 0 Å². The van der Waals surface area contributed by atoms with Gasteiger partial charge in [0.25, 0.3) is 5.91 Å². The van der Waals surface area contributed by atoms with Crippen molar-refractivity contribution in [3.05, 3.63) is 53.6 Å².